The lowest BCUT2D eigenvalue weighted by Gasteiger charge is -2.24. The Bertz CT molecular complexity index is 551. The van der Waals surface area contributed by atoms with Crippen molar-refractivity contribution in [2.24, 2.45) is 12.0 Å². The number of hydrogen-bond acceptors (Lipinski definition) is 2. The molecule has 2 N–H and O–H groups in total. The quantitative estimate of drug-likeness (QED) is 0.389. The molecule has 7 heteroatoms. The maximum atomic E-state index is 12.1. The zero-order valence-corrected chi connectivity index (χ0v) is 18.0. The molecule has 1 aliphatic carbocycles. The Morgan fingerprint density at radius 2 is 2.08 bits per heavy atom. The van der Waals surface area contributed by atoms with Crippen LogP contribution in [0.3, 0.4) is 0 Å². The molecule has 6 nitrogen and oxygen atoms in total. The minimum Gasteiger partial charge on any atom is -0.357 e. The Morgan fingerprint density at radius 1 is 1.36 bits per heavy atom. The van der Waals surface area contributed by atoms with Crippen LogP contribution in [-0.2, 0) is 18.4 Å². The summed E-state index contributed by atoms with van der Waals surface area (Å²) in [5, 5.41) is 6.37. The standard InChI is InChI=1S/C18H31N5O.HI/c1-4-19-18(23(3)14-16-11-8-12-22(16)2)20-13-17(24)21-15-9-6-5-7-10-15;/h8,11-12,15H,4-7,9-10,13-14H2,1-3H3,(H,19,20)(H,21,24);1H. The largest absolute Gasteiger partial charge is 0.357 e. The highest BCUT2D eigenvalue weighted by atomic mass is 127. The Balaban J connectivity index is 0.00000312. The molecule has 2 rings (SSSR count). The Morgan fingerprint density at radius 3 is 2.68 bits per heavy atom. The van der Waals surface area contributed by atoms with Crippen LogP contribution in [0.1, 0.15) is 44.7 Å². The van der Waals surface area contributed by atoms with Crippen molar-refractivity contribution >= 4 is 35.8 Å². The van der Waals surface area contributed by atoms with Crippen LogP contribution < -0.4 is 10.6 Å². The maximum Gasteiger partial charge on any atom is 0.242 e. The first-order valence-electron chi connectivity index (χ1n) is 8.99. The SMILES string of the molecule is CCNC(=NCC(=O)NC1CCCCC1)N(C)Cc1cccn1C.I. The van der Waals surface area contributed by atoms with Crippen molar-refractivity contribution in [3.8, 4) is 0 Å². The predicted octanol–water partition coefficient (Wildman–Crippen LogP) is 2.49. The second-order valence-corrected chi connectivity index (χ2v) is 6.54. The summed E-state index contributed by atoms with van der Waals surface area (Å²) in [5.74, 6) is 0.780. The van der Waals surface area contributed by atoms with E-state index in [0.717, 1.165) is 31.9 Å². The summed E-state index contributed by atoms with van der Waals surface area (Å²) in [4.78, 5) is 18.7. The monoisotopic (exact) mass is 461 g/mol. The molecule has 0 saturated heterocycles. The fourth-order valence-electron chi connectivity index (χ4n) is 3.12. The van der Waals surface area contributed by atoms with Gasteiger partial charge in [-0.1, -0.05) is 19.3 Å². The summed E-state index contributed by atoms with van der Waals surface area (Å²) in [5.41, 5.74) is 1.20. The van der Waals surface area contributed by atoms with Crippen molar-refractivity contribution in [1.82, 2.24) is 20.1 Å². The van der Waals surface area contributed by atoms with E-state index in [4.69, 9.17) is 0 Å². The van der Waals surface area contributed by atoms with Crippen LogP contribution in [0.4, 0.5) is 0 Å². The predicted molar refractivity (Wildman–Crippen MR) is 113 cm³/mol. The summed E-state index contributed by atoms with van der Waals surface area (Å²) in [6, 6.07) is 4.46. The third kappa shape index (κ3) is 7.25. The highest BCUT2D eigenvalue weighted by Gasteiger charge is 2.16. The topological polar surface area (TPSA) is 61.7 Å². The summed E-state index contributed by atoms with van der Waals surface area (Å²) < 4.78 is 2.09. The van der Waals surface area contributed by atoms with Crippen LogP contribution >= 0.6 is 24.0 Å². The zero-order valence-electron chi connectivity index (χ0n) is 15.6. The number of carbonyl (C=O) groups is 1. The molecular weight excluding hydrogens is 429 g/mol. The minimum absolute atomic E-state index is 0. The van der Waals surface area contributed by atoms with E-state index in [1.54, 1.807) is 0 Å². The van der Waals surface area contributed by atoms with Gasteiger partial charge in [0.25, 0.3) is 0 Å². The molecule has 1 fully saturated rings. The lowest BCUT2D eigenvalue weighted by atomic mass is 9.95. The molecule has 1 aliphatic rings. The molecule has 1 heterocycles. The highest BCUT2D eigenvalue weighted by Crippen LogP contribution is 2.17. The third-order valence-electron chi connectivity index (χ3n) is 4.49. The molecule has 1 aromatic rings. The van der Waals surface area contributed by atoms with E-state index in [1.165, 1.54) is 25.0 Å². The summed E-state index contributed by atoms with van der Waals surface area (Å²) in [7, 11) is 4.03. The van der Waals surface area contributed by atoms with Gasteiger partial charge in [-0.2, -0.15) is 0 Å². The van der Waals surface area contributed by atoms with Crippen molar-refractivity contribution in [3.63, 3.8) is 0 Å². The van der Waals surface area contributed by atoms with Gasteiger partial charge in [-0.05, 0) is 31.9 Å². The molecule has 0 bridgehead atoms. The Labute approximate surface area is 168 Å². The van der Waals surface area contributed by atoms with Crippen LogP contribution in [0.5, 0.6) is 0 Å². The summed E-state index contributed by atoms with van der Waals surface area (Å²) in [6.45, 7) is 3.74. The number of nitrogens with one attached hydrogen (secondary N) is 2. The van der Waals surface area contributed by atoms with E-state index >= 15 is 0 Å². The molecule has 0 unspecified atom stereocenters. The number of aryl methyl sites for hydroxylation is 1. The lowest BCUT2D eigenvalue weighted by molar-refractivity contribution is -0.120. The van der Waals surface area contributed by atoms with Gasteiger partial charge in [-0.15, -0.1) is 24.0 Å². The van der Waals surface area contributed by atoms with Crippen LogP contribution in [-0.4, -0.2) is 47.5 Å². The third-order valence-corrected chi connectivity index (χ3v) is 4.49. The van der Waals surface area contributed by atoms with E-state index in [2.05, 4.69) is 26.3 Å². The Hall–Kier alpha value is -1.25. The molecule has 1 amide bonds. The second kappa shape index (κ2) is 11.4. The van der Waals surface area contributed by atoms with Crippen molar-refractivity contribution in [2.75, 3.05) is 20.1 Å². The van der Waals surface area contributed by atoms with Gasteiger partial charge in [0.2, 0.25) is 5.91 Å². The van der Waals surface area contributed by atoms with Crippen molar-refractivity contribution in [2.45, 2.75) is 51.6 Å². The molecule has 0 spiro atoms. The van der Waals surface area contributed by atoms with Gasteiger partial charge in [0.15, 0.2) is 5.96 Å². The fraction of sp³-hybridized carbons (Fsp3) is 0.667. The van der Waals surface area contributed by atoms with Crippen LogP contribution in [0.2, 0.25) is 0 Å². The van der Waals surface area contributed by atoms with Crippen molar-refractivity contribution in [1.29, 1.82) is 0 Å². The molecule has 0 aliphatic heterocycles. The first-order chi connectivity index (χ1) is 11.6. The number of rotatable bonds is 6. The van der Waals surface area contributed by atoms with Crippen LogP contribution in [0, 0.1) is 0 Å². The number of nitrogens with zero attached hydrogens (tertiary/aromatic N) is 3. The molecule has 1 aromatic heterocycles. The highest BCUT2D eigenvalue weighted by molar-refractivity contribution is 14.0. The molecule has 142 valence electrons. The fourth-order valence-corrected chi connectivity index (χ4v) is 3.12. The van der Waals surface area contributed by atoms with E-state index in [1.807, 2.05) is 38.2 Å². The van der Waals surface area contributed by atoms with Gasteiger partial charge in [-0.3, -0.25) is 4.79 Å². The first kappa shape index (κ1) is 21.8. The normalized spacial score (nSPS) is 15.4. The Kier molecular flexibility index (Phi) is 9.92. The number of carbonyl (C=O) groups excluding carboxylic acids is 1. The van der Waals surface area contributed by atoms with E-state index in [9.17, 15) is 4.79 Å². The zero-order chi connectivity index (χ0) is 17.4. The van der Waals surface area contributed by atoms with E-state index < -0.39 is 0 Å². The van der Waals surface area contributed by atoms with Gasteiger partial charge >= 0.3 is 0 Å². The van der Waals surface area contributed by atoms with Gasteiger partial charge in [0.1, 0.15) is 6.54 Å². The molecular formula is C18H32IN5O. The number of aliphatic imine (C=N–C) groups is 1. The van der Waals surface area contributed by atoms with Gasteiger partial charge < -0.3 is 20.1 Å². The smallest absolute Gasteiger partial charge is 0.242 e. The number of guanidine groups is 1. The van der Waals surface area contributed by atoms with Crippen molar-refractivity contribution < 1.29 is 4.79 Å². The van der Waals surface area contributed by atoms with E-state index in [0.29, 0.717) is 6.04 Å². The summed E-state index contributed by atoms with van der Waals surface area (Å²) >= 11 is 0. The average molecular weight is 461 g/mol. The van der Waals surface area contributed by atoms with Crippen LogP contribution in [0.15, 0.2) is 23.3 Å². The van der Waals surface area contributed by atoms with E-state index in [-0.39, 0.29) is 36.4 Å². The first-order valence-corrected chi connectivity index (χ1v) is 8.99. The number of halogens is 1. The molecule has 0 aromatic carbocycles. The molecule has 0 radical (unpaired) electrons. The van der Waals surface area contributed by atoms with Gasteiger partial charge in [0.05, 0.1) is 6.54 Å². The molecule has 0 atom stereocenters. The average Bonchev–Trinajstić information content (AvgIpc) is 2.97. The van der Waals surface area contributed by atoms with Gasteiger partial charge in [0, 0.05) is 38.6 Å². The lowest BCUT2D eigenvalue weighted by Crippen LogP contribution is -2.41. The van der Waals surface area contributed by atoms with Crippen molar-refractivity contribution in [3.05, 3.63) is 24.0 Å². The van der Waals surface area contributed by atoms with Crippen LogP contribution in [0.25, 0.3) is 0 Å². The summed E-state index contributed by atoms with van der Waals surface area (Å²) in [6.07, 6.45) is 7.96. The maximum absolute atomic E-state index is 12.1. The van der Waals surface area contributed by atoms with Gasteiger partial charge in [-0.25, -0.2) is 4.99 Å². The molecule has 1 saturated carbocycles. The second-order valence-electron chi connectivity index (χ2n) is 6.54. The minimum atomic E-state index is 0. The number of amides is 1. The number of hydrogen-bond donors (Lipinski definition) is 2. The number of aromatic nitrogens is 1. The molecule has 25 heavy (non-hydrogen) atoms.